The second-order valence-electron chi connectivity index (χ2n) is 6.83. The summed E-state index contributed by atoms with van der Waals surface area (Å²) in [7, 11) is 0. The number of hydrogen-bond donors (Lipinski definition) is 2. The van der Waals surface area contributed by atoms with Crippen molar-refractivity contribution in [2.75, 3.05) is 13.1 Å². The van der Waals surface area contributed by atoms with Gasteiger partial charge < -0.3 is 15.2 Å². The van der Waals surface area contributed by atoms with Crippen molar-refractivity contribution in [2.24, 2.45) is 0 Å². The molecule has 8 heteroatoms. The summed E-state index contributed by atoms with van der Waals surface area (Å²) in [6.07, 6.45) is 4.88. The lowest BCUT2D eigenvalue weighted by atomic mass is 10.2. The van der Waals surface area contributed by atoms with Crippen molar-refractivity contribution in [1.29, 1.82) is 0 Å². The molecule has 1 aliphatic heterocycles. The number of aromatic nitrogens is 3. The van der Waals surface area contributed by atoms with E-state index in [1.54, 1.807) is 19.3 Å². The number of halogens is 1. The van der Waals surface area contributed by atoms with Crippen molar-refractivity contribution >= 4 is 23.0 Å². The molecule has 1 saturated carbocycles. The predicted octanol–water partition coefficient (Wildman–Crippen LogP) is 1.52. The summed E-state index contributed by atoms with van der Waals surface area (Å²) in [5.74, 6) is -0.213. The van der Waals surface area contributed by atoms with Gasteiger partial charge in [0.15, 0.2) is 5.65 Å². The minimum absolute atomic E-state index is 0.0996. The first kappa shape index (κ1) is 16.0. The van der Waals surface area contributed by atoms with Gasteiger partial charge in [0.05, 0.1) is 24.0 Å². The largest absolute Gasteiger partial charge is 0.344 e. The van der Waals surface area contributed by atoms with Gasteiger partial charge in [0.25, 0.3) is 5.91 Å². The van der Waals surface area contributed by atoms with Gasteiger partial charge in [0, 0.05) is 18.7 Å². The second-order valence-corrected chi connectivity index (χ2v) is 6.83. The Kier molecular flexibility index (Phi) is 3.89. The Balaban J connectivity index is 1.49. The van der Waals surface area contributed by atoms with Crippen molar-refractivity contribution in [3.8, 4) is 0 Å². The fourth-order valence-electron chi connectivity index (χ4n) is 3.18. The molecule has 2 atom stereocenters. The molecule has 0 radical (unpaired) electrons. The maximum absolute atomic E-state index is 13.3. The number of carbonyl (C=O) groups is 2. The fraction of sp³-hybridized carbons (Fsp3) is 0.529. The van der Waals surface area contributed by atoms with Crippen molar-refractivity contribution in [1.82, 2.24) is 25.2 Å². The number of fused-ring (bicyclic) bond motifs is 1. The number of aromatic amines is 1. The summed E-state index contributed by atoms with van der Waals surface area (Å²) in [6.45, 7) is 2.10. The van der Waals surface area contributed by atoms with E-state index in [4.69, 9.17) is 0 Å². The van der Waals surface area contributed by atoms with E-state index < -0.39 is 12.2 Å². The van der Waals surface area contributed by atoms with Crippen molar-refractivity contribution < 1.29 is 14.0 Å². The van der Waals surface area contributed by atoms with Crippen LogP contribution in [0.4, 0.5) is 4.39 Å². The molecule has 25 heavy (non-hydrogen) atoms. The van der Waals surface area contributed by atoms with Gasteiger partial charge in [-0.05, 0) is 26.2 Å². The van der Waals surface area contributed by atoms with Crippen molar-refractivity contribution in [2.45, 2.75) is 44.3 Å². The zero-order chi connectivity index (χ0) is 17.6. The molecule has 1 aliphatic carbocycles. The number of H-pyrrole nitrogens is 1. The first-order chi connectivity index (χ1) is 12.0. The van der Waals surface area contributed by atoms with Crippen LogP contribution >= 0.6 is 0 Å². The highest BCUT2D eigenvalue weighted by Gasteiger charge is 2.30. The quantitative estimate of drug-likeness (QED) is 0.879. The molecule has 2 aliphatic rings. The van der Waals surface area contributed by atoms with Crippen LogP contribution in [0.1, 0.15) is 48.2 Å². The van der Waals surface area contributed by atoms with Gasteiger partial charge in [-0.3, -0.25) is 9.59 Å². The minimum Gasteiger partial charge on any atom is -0.344 e. The third-order valence-corrected chi connectivity index (χ3v) is 4.80. The van der Waals surface area contributed by atoms with Gasteiger partial charge in [0.2, 0.25) is 5.91 Å². The van der Waals surface area contributed by atoms with Crippen molar-refractivity contribution in [3.05, 3.63) is 23.7 Å². The maximum Gasteiger partial charge on any atom is 0.255 e. The van der Waals surface area contributed by atoms with Crippen LogP contribution in [0.15, 0.2) is 12.4 Å². The molecule has 132 valence electrons. The zero-order valence-corrected chi connectivity index (χ0v) is 14.0. The van der Waals surface area contributed by atoms with Crippen LogP contribution in [0.25, 0.3) is 11.2 Å². The lowest BCUT2D eigenvalue weighted by molar-refractivity contribution is -0.131. The third-order valence-electron chi connectivity index (χ3n) is 4.80. The number of nitrogens with zero attached hydrogens (tertiary/aromatic N) is 3. The number of hydrogen-bond acceptors (Lipinski definition) is 4. The number of nitrogens with one attached hydrogen (secondary N) is 2. The van der Waals surface area contributed by atoms with Crippen LogP contribution in [-0.4, -0.2) is 57.0 Å². The first-order valence-electron chi connectivity index (χ1n) is 8.60. The van der Waals surface area contributed by atoms with Crippen LogP contribution in [0.2, 0.25) is 0 Å². The molecule has 2 amide bonds. The number of carbonyl (C=O) groups excluding carboxylic acids is 2. The van der Waals surface area contributed by atoms with E-state index in [1.807, 2.05) is 0 Å². The average Bonchev–Trinajstić information content (AvgIpc) is 3.22. The van der Waals surface area contributed by atoms with Crippen LogP contribution in [0.3, 0.4) is 0 Å². The summed E-state index contributed by atoms with van der Waals surface area (Å²) in [5.41, 5.74) is 2.34. The lowest BCUT2D eigenvalue weighted by Crippen LogP contribution is -2.46. The molecule has 0 bridgehead atoms. The molecular formula is C17H20FN5O2. The molecule has 0 unspecified atom stereocenters. The Bertz CT molecular complexity index is 832. The molecule has 2 aromatic heterocycles. The highest BCUT2D eigenvalue weighted by molar-refractivity contribution is 6.05. The molecule has 2 aromatic rings. The molecule has 2 fully saturated rings. The highest BCUT2D eigenvalue weighted by atomic mass is 19.1. The molecule has 7 nitrogen and oxygen atoms in total. The van der Waals surface area contributed by atoms with Gasteiger partial charge in [-0.2, -0.15) is 0 Å². The first-order valence-corrected chi connectivity index (χ1v) is 8.60. The SMILES string of the molecule is C[C@@H](NC(=O)c1c[nH]c2ncc(C3CC3)nc12)C(=O)N1CC[C@@H](F)C1. The highest BCUT2D eigenvalue weighted by Crippen LogP contribution is 2.39. The van der Waals surface area contributed by atoms with Gasteiger partial charge in [-0.1, -0.05) is 0 Å². The van der Waals surface area contributed by atoms with E-state index in [2.05, 4.69) is 20.3 Å². The van der Waals surface area contributed by atoms with Gasteiger partial charge in [0.1, 0.15) is 17.7 Å². The number of likely N-dealkylation sites (tertiary alicyclic amines) is 1. The lowest BCUT2D eigenvalue weighted by Gasteiger charge is -2.20. The van der Waals surface area contributed by atoms with Crippen molar-refractivity contribution in [3.63, 3.8) is 0 Å². The Morgan fingerprint density at radius 3 is 2.88 bits per heavy atom. The molecular weight excluding hydrogens is 325 g/mol. The smallest absolute Gasteiger partial charge is 0.255 e. The molecule has 3 heterocycles. The van der Waals surface area contributed by atoms with Crippen LogP contribution in [0.5, 0.6) is 0 Å². The number of alkyl halides is 1. The number of amides is 2. The monoisotopic (exact) mass is 345 g/mol. The van der Waals surface area contributed by atoms with Crippen LogP contribution in [0, 0.1) is 0 Å². The Hall–Kier alpha value is -2.51. The van der Waals surface area contributed by atoms with E-state index in [1.165, 1.54) is 4.90 Å². The molecule has 4 rings (SSSR count). The minimum atomic E-state index is -0.975. The van der Waals surface area contributed by atoms with E-state index >= 15 is 0 Å². The molecule has 0 aromatic carbocycles. The number of rotatable bonds is 4. The van der Waals surface area contributed by atoms with Gasteiger partial charge in [-0.15, -0.1) is 0 Å². The van der Waals surface area contributed by atoms with Gasteiger partial charge in [-0.25, -0.2) is 14.4 Å². The van der Waals surface area contributed by atoms with E-state index in [0.29, 0.717) is 35.6 Å². The van der Waals surface area contributed by atoms with E-state index in [9.17, 15) is 14.0 Å². The summed E-state index contributed by atoms with van der Waals surface area (Å²) in [6, 6.07) is -0.720. The third kappa shape index (κ3) is 3.08. The van der Waals surface area contributed by atoms with Crippen LogP contribution in [-0.2, 0) is 4.79 Å². The molecule has 2 N–H and O–H groups in total. The van der Waals surface area contributed by atoms with Gasteiger partial charge >= 0.3 is 0 Å². The Morgan fingerprint density at radius 1 is 1.40 bits per heavy atom. The summed E-state index contributed by atoms with van der Waals surface area (Å²) in [5, 5.41) is 2.69. The molecule has 1 saturated heterocycles. The Morgan fingerprint density at radius 2 is 2.20 bits per heavy atom. The second kappa shape index (κ2) is 6.09. The molecule has 0 spiro atoms. The maximum atomic E-state index is 13.3. The summed E-state index contributed by atoms with van der Waals surface area (Å²) < 4.78 is 13.3. The average molecular weight is 345 g/mol. The topological polar surface area (TPSA) is 91.0 Å². The van der Waals surface area contributed by atoms with E-state index in [0.717, 1.165) is 18.5 Å². The fourth-order valence-corrected chi connectivity index (χ4v) is 3.18. The normalized spacial score (nSPS) is 21.5. The predicted molar refractivity (Wildman–Crippen MR) is 88.9 cm³/mol. The summed E-state index contributed by atoms with van der Waals surface area (Å²) >= 11 is 0. The standard InChI is InChI=1S/C17H20FN5O2/c1-9(17(25)23-5-4-11(18)8-23)21-16(24)12-6-19-15-14(12)22-13(7-20-15)10-2-3-10/h6-7,9-11H,2-5,8H2,1H3,(H,19,20)(H,21,24)/t9-,11-/m1/s1. The van der Waals surface area contributed by atoms with E-state index in [-0.39, 0.29) is 18.4 Å². The zero-order valence-electron chi connectivity index (χ0n) is 14.0. The summed E-state index contributed by atoms with van der Waals surface area (Å²) in [4.78, 5) is 38.2. The Labute approximate surface area is 144 Å². The van der Waals surface area contributed by atoms with Crippen LogP contribution < -0.4 is 5.32 Å².